The molecule has 1 aromatic heterocycles. The first-order chi connectivity index (χ1) is 10.7. The Kier molecular flexibility index (Phi) is 4.14. The molecular weight excluding hydrogens is 276 g/mol. The molecule has 112 valence electrons. The fraction of sp³-hybridized carbons (Fsp3) is 0.235. The second-order valence-electron chi connectivity index (χ2n) is 5.33. The Bertz CT molecular complexity index is 674. The summed E-state index contributed by atoms with van der Waals surface area (Å²) in [4.78, 5) is 21.4. The molecule has 2 heterocycles. The molecule has 1 aliphatic heterocycles. The third-order valence-corrected chi connectivity index (χ3v) is 3.82. The van der Waals surface area contributed by atoms with Gasteiger partial charge in [-0.25, -0.2) is 4.98 Å². The molecule has 0 saturated carbocycles. The predicted octanol–water partition coefficient (Wildman–Crippen LogP) is 1.65. The number of H-pyrrole nitrogens is 1. The summed E-state index contributed by atoms with van der Waals surface area (Å²) in [5, 5.41) is 0. The summed E-state index contributed by atoms with van der Waals surface area (Å²) >= 11 is 0. The Hall–Kier alpha value is -2.69. The van der Waals surface area contributed by atoms with Gasteiger partial charge in [0.15, 0.2) is 12.4 Å². The highest BCUT2D eigenvalue weighted by Crippen LogP contribution is 2.20. The van der Waals surface area contributed by atoms with Crippen LogP contribution in [0.2, 0.25) is 0 Å². The standard InChI is InChI=1S/C17H18N4O/c18-16(13-7-9-19-10-8-13)20-17(22)14-3-5-15(6-4-14)21-11-1-2-12-21/h3-10H,1-2,11-12H2,(H2,18,20,22)/p+1. The molecule has 1 amide bonds. The minimum atomic E-state index is -0.321. The van der Waals surface area contributed by atoms with Crippen LogP contribution < -0.4 is 15.6 Å². The van der Waals surface area contributed by atoms with E-state index in [1.807, 2.05) is 24.3 Å². The van der Waals surface area contributed by atoms with E-state index in [9.17, 15) is 4.79 Å². The highest BCUT2D eigenvalue weighted by atomic mass is 16.1. The number of hydrogen-bond donors (Lipinski definition) is 1. The first kappa shape index (κ1) is 14.3. The highest BCUT2D eigenvalue weighted by molar-refractivity contribution is 6.08. The molecule has 3 N–H and O–H groups in total. The van der Waals surface area contributed by atoms with Crippen molar-refractivity contribution >= 4 is 17.4 Å². The molecule has 5 nitrogen and oxygen atoms in total. The summed E-state index contributed by atoms with van der Waals surface area (Å²) in [6.07, 6.45) is 5.95. The number of pyridine rings is 1. The summed E-state index contributed by atoms with van der Waals surface area (Å²) in [5.41, 5.74) is 8.30. The zero-order valence-electron chi connectivity index (χ0n) is 12.3. The molecule has 5 heteroatoms. The molecular formula is C17H19N4O+. The fourth-order valence-electron chi connectivity index (χ4n) is 2.59. The number of hydrogen-bond acceptors (Lipinski definition) is 2. The van der Waals surface area contributed by atoms with Crippen LogP contribution in [0.3, 0.4) is 0 Å². The number of amidine groups is 1. The van der Waals surface area contributed by atoms with Gasteiger partial charge in [-0.05, 0) is 37.1 Å². The minimum absolute atomic E-state index is 0.225. The van der Waals surface area contributed by atoms with Crippen LogP contribution in [-0.2, 0) is 0 Å². The molecule has 0 radical (unpaired) electrons. The Labute approximate surface area is 129 Å². The van der Waals surface area contributed by atoms with E-state index in [0.717, 1.165) is 24.3 Å². The van der Waals surface area contributed by atoms with Crippen molar-refractivity contribution in [2.24, 2.45) is 10.7 Å². The maximum absolute atomic E-state index is 12.2. The number of nitrogens with zero attached hydrogens (tertiary/aromatic N) is 2. The second-order valence-corrected chi connectivity index (χ2v) is 5.33. The van der Waals surface area contributed by atoms with Crippen LogP contribution in [0.5, 0.6) is 0 Å². The molecule has 0 atom stereocenters. The number of carbonyl (C=O) groups excluding carboxylic acids is 1. The maximum Gasteiger partial charge on any atom is 0.278 e. The van der Waals surface area contributed by atoms with Gasteiger partial charge >= 0.3 is 0 Å². The lowest BCUT2D eigenvalue weighted by Gasteiger charge is -2.17. The van der Waals surface area contributed by atoms with Gasteiger partial charge in [0, 0.05) is 42.0 Å². The van der Waals surface area contributed by atoms with Gasteiger partial charge in [0.25, 0.3) is 5.91 Å². The summed E-state index contributed by atoms with van der Waals surface area (Å²) in [7, 11) is 0. The third kappa shape index (κ3) is 3.14. The molecule has 22 heavy (non-hydrogen) atoms. The SMILES string of the molecule is NC(=NC(=O)c1ccc(N2CCCC2)cc1)c1cc[nH+]cc1. The van der Waals surface area contributed by atoms with Gasteiger partial charge in [0.2, 0.25) is 0 Å². The quantitative estimate of drug-likeness (QED) is 0.691. The smallest absolute Gasteiger partial charge is 0.278 e. The number of anilines is 1. The molecule has 0 aliphatic carbocycles. The summed E-state index contributed by atoms with van der Waals surface area (Å²) in [6.45, 7) is 2.17. The third-order valence-electron chi connectivity index (χ3n) is 3.82. The fourth-order valence-corrected chi connectivity index (χ4v) is 2.59. The lowest BCUT2D eigenvalue weighted by Crippen LogP contribution is -2.18. The van der Waals surface area contributed by atoms with Crippen molar-refractivity contribution in [2.75, 3.05) is 18.0 Å². The zero-order chi connectivity index (χ0) is 15.4. The predicted molar refractivity (Wildman–Crippen MR) is 85.9 cm³/mol. The van der Waals surface area contributed by atoms with E-state index < -0.39 is 0 Å². The molecule has 2 aromatic rings. The number of amides is 1. The number of aliphatic imine (C=N–C) groups is 1. The van der Waals surface area contributed by atoms with Crippen molar-refractivity contribution in [1.82, 2.24) is 0 Å². The van der Waals surface area contributed by atoms with Crippen LogP contribution in [0.25, 0.3) is 0 Å². The van der Waals surface area contributed by atoms with Crippen molar-refractivity contribution in [3.8, 4) is 0 Å². The molecule has 1 saturated heterocycles. The highest BCUT2D eigenvalue weighted by Gasteiger charge is 2.13. The molecule has 1 aliphatic rings. The van der Waals surface area contributed by atoms with Crippen LogP contribution in [0.4, 0.5) is 5.69 Å². The molecule has 0 spiro atoms. The first-order valence-corrected chi connectivity index (χ1v) is 7.44. The zero-order valence-corrected chi connectivity index (χ0v) is 12.3. The van der Waals surface area contributed by atoms with E-state index in [1.165, 1.54) is 12.8 Å². The van der Waals surface area contributed by atoms with Crippen LogP contribution in [0.15, 0.2) is 53.8 Å². The average molecular weight is 295 g/mol. The summed E-state index contributed by atoms with van der Waals surface area (Å²) in [6, 6.07) is 11.1. The van der Waals surface area contributed by atoms with Gasteiger partial charge in [-0.1, -0.05) is 0 Å². The monoisotopic (exact) mass is 295 g/mol. The lowest BCUT2D eigenvalue weighted by molar-refractivity contribution is -0.378. The largest absolute Gasteiger partial charge is 0.383 e. The van der Waals surface area contributed by atoms with E-state index in [-0.39, 0.29) is 11.7 Å². The van der Waals surface area contributed by atoms with Crippen molar-refractivity contribution in [3.63, 3.8) is 0 Å². The molecule has 3 rings (SSSR count). The normalized spacial score (nSPS) is 15.1. The van der Waals surface area contributed by atoms with Gasteiger partial charge < -0.3 is 10.6 Å². The molecule has 0 unspecified atom stereocenters. The molecule has 0 bridgehead atoms. The van der Waals surface area contributed by atoms with Crippen LogP contribution in [0.1, 0.15) is 28.8 Å². The number of aromatic nitrogens is 1. The van der Waals surface area contributed by atoms with Crippen LogP contribution in [0, 0.1) is 0 Å². The molecule has 1 fully saturated rings. The van der Waals surface area contributed by atoms with E-state index >= 15 is 0 Å². The van der Waals surface area contributed by atoms with E-state index in [1.54, 1.807) is 24.5 Å². The topological polar surface area (TPSA) is 72.8 Å². The first-order valence-electron chi connectivity index (χ1n) is 7.44. The summed E-state index contributed by atoms with van der Waals surface area (Å²) in [5.74, 6) is -0.0964. The van der Waals surface area contributed by atoms with Gasteiger partial charge in [-0.2, -0.15) is 4.99 Å². The average Bonchev–Trinajstić information content (AvgIpc) is 3.10. The van der Waals surface area contributed by atoms with Crippen molar-refractivity contribution in [3.05, 3.63) is 59.9 Å². The molecule has 1 aromatic carbocycles. The second kappa shape index (κ2) is 6.39. The lowest BCUT2D eigenvalue weighted by atomic mass is 10.2. The Morgan fingerprint density at radius 1 is 1.00 bits per heavy atom. The number of nitrogens with one attached hydrogen (secondary N) is 1. The van der Waals surface area contributed by atoms with Crippen LogP contribution in [-0.4, -0.2) is 24.8 Å². The van der Waals surface area contributed by atoms with Gasteiger partial charge in [-0.15, -0.1) is 0 Å². The van der Waals surface area contributed by atoms with Gasteiger partial charge in [0.05, 0.1) is 0 Å². The number of nitrogens with two attached hydrogens (primary N) is 1. The Balaban J connectivity index is 1.74. The minimum Gasteiger partial charge on any atom is -0.383 e. The van der Waals surface area contributed by atoms with E-state index in [2.05, 4.69) is 14.9 Å². The summed E-state index contributed by atoms with van der Waals surface area (Å²) < 4.78 is 0. The van der Waals surface area contributed by atoms with Crippen LogP contribution >= 0.6 is 0 Å². The maximum atomic E-state index is 12.2. The van der Waals surface area contributed by atoms with Crippen molar-refractivity contribution in [1.29, 1.82) is 0 Å². The van der Waals surface area contributed by atoms with Gasteiger partial charge in [-0.3, -0.25) is 4.79 Å². The number of carbonyl (C=O) groups is 1. The van der Waals surface area contributed by atoms with E-state index in [0.29, 0.717) is 5.56 Å². The van der Waals surface area contributed by atoms with Crippen molar-refractivity contribution in [2.45, 2.75) is 12.8 Å². The Morgan fingerprint density at radius 3 is 2.27 bits per heavy atom. The number of benzene rings is 1. The number of rotatable bonds is 3. The number of aromatic amines is 1. The van der Waals surface area contributed by atoms with E-state index in [4.69, 9.17) is 5.73 Å². The Morgan fingerprint density at radius 2 is 1.64 bits per heavy atom. The van der Waals surface area contributed by atoms with Gasteiger partial charge in [0.1, 0.15) is 5.84 Å². The van der Waals surface area contributed by atoms with Crippen molar-refractivity contribution < 1.29 is 9.78 Å².